The first-order valence-electron chi connectivity index (χ1n) is 8.64. The zero-order valence-corrected chi connectivity index (χ0v) is 15.3. The minimum atomic E-state index is 0.0225. The quantitative estimate of drug-likeness (QED) is 0.890. The number of carbonyl (C=O) groups excluding carboxylic acids is 1. The Kier molecular flexibility index (Phi) is 6.08. The number of hydrogen-bond donors (Lipinski definition) is 1. The van der Waals surface area contributed by atoms with Gasteiger partial charge in [0.15, 0.2) is 0 Å². The number of rotatable bonds is 5. The highest BCUT2D eigenvalue weighted by molar-refractivity contribution is 6.30. The van der Waals surface area contributed by atoms with Gasteiger partial charge in [-0.3, -0.25) is 14.6 Å². The Bertz CT molecular complexity index is 692. The maximum Gasteiger partial charge on any atom is 0.238 e. The van der Waals surface area contributed by atoms with Gasteiger partial charge in [0.1, 0.15) is 0 Å². The largest absolute Gasteiger partial charge is 0.325 e. The molecule has 3 rings (SSSR count). The molecule has 1 heterocycles. The highest BCUT2D eigenvalue weighted by atomic mass is 35.5. The van der Waals surface area contributed by atoms with Gasteiger partial charge in [0.2, 0.25) is 5.91 Å². The number of piperazine rings is 1. The van der Waals surface area contributed by atoms with E-state index < -0.39 is 0 Å². The SMILES string of the molecule is Cc1ccc(CN2CCN(CC(=O)Nc3ccc(Cl)cc3)CC2)cc1. The Hall–Kier alpha value is -1.88. The second-order valence-corrected chi connectivity index (χ2v) is 7.03. The summed E-state index contributed by atoms with van der Waals surface area (Å²) in [6.45, 7) is 7.33. The lowest BCUT2D eigenvalue weighted by atomic mass is 10.1. The second-order valence-electron chi connectivity index (χ2n) is 6.59. The standard InChI is InChI=1S/C20H24ClN3O/c1-16-2-4-17(5-3-16)14-23-10-12-24(13-11-23)15-20(25)22-19-8-6-18(21)7-9-19/h2-9H,10-15H2,1H3,(H,22,25). The van der Waals surface area contributed by atoms with E-state index in [1.807, 2.05) is 12.1 Å². The average Bonchev–Trinajstić information content (AvgIpc) is 2.61. The number of benzene rings is 2. The van der Waals surface area contributed by atoms with Gasteiger partial charge in [-0.2, -0.15) is 0 Å². The number of nitrogens with zero attached hydrogens (tertiary/aromatic N) is 2. The summed E-state index contributed by atoms with van der Waals surface area (Å²) in [5, 5.41) is 3.59. The number of nitrogens with one attached hydrogen (secondary N) is 1. The third-order valence-corrected chi connectivity index (χ3v) is 4.74. The summed E-state index contributed by atoms with van der Waals surface area (Å²) in [7, 11) is 0. The summed E-state index contributed by atoms with van der Waals surface area (Å²) in [5.74, 6) is 0.0225. The number of aryl methyl sites for hydroxylation is 1. The first-order chi connectivity index (χ1) is 12.1. The van der Waals surface area contributed by atoms with Crippen LogP contribution in [0.3, 0.4) is 0 Å². The summed E-state index contributed by atoms with van der Waals surface area (Å²) in [6, 6.07) is 15.9. The first-order valence-corrected chi connectivity index (χ1v) is 9.02. The van der Waals surface area contributed by atoms with E-state index in [-0.39, 0.29) is 5.91 Å². The van der Waals surface area contributed by atoms with Crippen molar-refractivity contribution in [3.63, 3.8) is 0 Å². The van der Waals surface area contributed by atoms with Crippen LogP contribution in [0, 0.1) is 6.92 Å². The molecule has 2 aromatic rings. The minimum absolute atomic E-state index is 0.0225. The molecule has 1 amide bonds. The Balaban J connectivity index is 1.42. The molecular weight excluding hydrogens is 334 g/mol. The van der Waals surface area contributed by atoms with Gasteiger partial charge in [-0.25, -0.2) is 0 Å². The molecule has 4 nitrogen and oxygen atoms in total. The lowest BCUT2D eigenvalue weighted by molar-refractivity contribution is -0.117. The van der Waals surface area contributed by atoms with E-state index in [0.29, 0.717) is 11.6 Å². The molecule has 1 aliphatic rings. The molecule has 0 radical (unpaired) electrons. The van der Waals surface area contributed by atoms with E-state index in [2.05, 4.69) is 46.3 Å². The van der Waals surface area contributed by atoms with Crippen LogP contribution in [0.25, 0.3) is 0 Å². The van der Waals surface area contributed by atoms with Gasteiger partial charge < -0.3 is 5.32 Å². The van der Waals surface area contributed by atoms with E-state index in [4.69, 9.17) is 11.6 Å². The van der Waals surface area contributed by atoms with E-state index in [9.17, 15) is 4.79 Å². The second kappa shape index (κ2) is 8.48. The molecule has 25 heavy (non-hydrogen) atoms. The molecule has 0 bridgehead atoms. The predicted molar refractivity (Wildman–Crippen MR) is 103 cm³/mol. The van der Waals surface area contributed by atoms with Crippen LogP contribution in [0.4, 0.5) is 5.69 Å². The number of halogens is 1. The maximum atomic E-state index is 12.2. The molecule has 0 aliphatic carbocycles. The molecule has 0 saturated carbocycles. The molecule has 132 valence electrons. The van der Waals surface area contributed by atoms with Gasteiger partial charge >= 0.3 is 0 Å². The summed E-state index contributed by atoms with van der Waals surface area (Å²) >= 11 is 5.86. The number of anilines is 1. The van der Waals surface area contributed by atoms with Crippen molar-refractivity contribution in [1.29, 1.82) is 0 Å². The van der Waals surface area contributed by atoms with Gasteiger partial charge in [0.25, 0.3) is 0 Å². The fourth-order valence-corrected chi connectivity index (χ4v) is 3.12. The first kappa shape index (κ1) is 17.9. The summed E-state index contributed by atoms with van der Waals surface area (Å²) in [5.41, 5.74) is 3.42. The maximum absolute atomic E-state index is 12.2. The zero-order chi connectivity index (χ0) is 17.6. The molecule has 5 heteroatoms. The monoisotopic (exact) mass is 357 g/mol. The molecule has 1 fully saturated rings. The Morgan fingerprint density at radius 2 is 1.56 bits per heavy atom. The van der Waals surface area contributed by atoms with Crippen molar-refractivity contribution in [2.24, 2.45) is 0 Å². The lowest BCUT2D eigenvalue weighted by Gasteiger charge is -2.34. The highest BCUT2D eigenvalue weighted by Crippen LogP contribution is 2.14. The summed E-state index contributed by atoms with van der Waals surface area (Å²) in [4.78, 5) is 16.8. The van der Waals surface area contributed by atoms with E-state index >= 15 is 0 Å². The van der Waals surface area contributed by atoms with Crippen LogP contribution in [0.15, 0.2) is 48.5 Å². The predicted octanol–water partition coefficient (Wildman–Crippen LogP) is 3.40. The van der Waals surface area contributed by atoms with E-state index in [0.717, 1.165) is 38.4 Å². The fourth-order valence-electron chi connectivity index (χ4n) is 2.99. The molecule has 1 aliphatic heterocycles. The van der Waals surface area contributed by atoms with Crippen molar-refractivity contribution >= 4 is 23.2 Å². The topological polar surface area (TPSA) is 35.6 Å². The van der Waals surface area contributed by atoms with Crippen LogP contribution in [-0.4, -0.2) is 48.4 Å². The number of hydrogen-bond acceptors (Lipinski definition) is 3. The zero-order valence-electron chi connectivity index (χ0n) is 14.5. The van der Waals surface area contributed by atoms with Crippen molar-refractivity contribution < 1.29 is 4.79 Å². The van der Waals surface area contributed by atoms with Crippen molar-refractivity contribution in [3.05, 3.63) is 64.7 Å². The molecule has 1 saturated heterocycles. The third-order valence-electron chi connectivity index (χ3n) is 4.49. The molecular formula is C20H24ClN3O. The van der Waals surface area contributed by atoms with Gasteiger partial charge in [-0.15, -0.1) is 0 Å². The molecule has 1 N–H and O–H groups in total. The number of carbonyl (C=O) groups is 1. The van der Waals surface area contributed by atoms with Gasteiger partial charge in [-0.1, -0.05) is 41.4 Å². The van der Waals surface area contributed by atoms with Crippen molar-refractivity contribution in [2.45, 2.75) is 13.5 Å². The third kappa shape index (κ3) is 5.56. The Morgan fingerprint density at radius 3 is 2.20 bits per heavy atom. The molecule has 0 unspecified atom stereocenters. The van der Waals surface area contributed by atoms with Crippen LogP contribution < -0.4 is 5.32 Å². The van der Waals surface area contributed by atoms with Crippen LogP contribution in [0.2, 0.25) is 5.02 Å². The highest BCUT2D eigenvalue weighted by Gasteiger charge is 2.19. The molecule has 0 atom stereocenters. The lowest BCUT2D eigenvalue weighted by Crippen LogP contribution is -2.48. The van der Waals surface area contributed by atoms with Gasteiger partial charge in [0, 0.05) is 43.4 Å². The van der Waals surface area contributed by atoms with Gasteiger partial charge in [-0.05, 0) is 36.8 Å². The van der Waals surface area contributed by atoms with Crippen molar-refractivity contribution in [3.8, 4) is 0 Å². The average molecular weight is 358 g/mol. The van der Waals surface area contributed by atoms with Crippen LogP contribution in [-0.2, 0) is 11.3 Å². The Morgan fingerprint density at radius 1 is 0.960 bits per heavy atom. The molecule has 0 spiro atoms. The summed E-state index contributed by atoms with van der Waals surface area (Å²) in [6.07, 6.45) is 0. The number of amides is 1. The van der Waals surface area contributed by atoms with E-state index in [1.165, 1.54) is 11.1 Å². The molecule has 0 aromatic heterocycles. The summed E-state index contributed by atoms with van der Waals surface area (Å²) < 4.78 is 0. The smallest absolute Gasteiger partial charge is 0.238 e. The van der Waals surface area contributed by atoms with Crippen LogP contribution >= 0.6 is 11.6 Å². The minimum Gasteiger partial charge on any atom is -0.325 e. The Labute approximate surface area is 154 Å². The normalized spacial score (nSPS) is 15.9. The molecule has 2 aromatic carbocycles. The van der Waals surface area contributed by atoms with Crippen molar-refractivity contribution in [2.75, 3.05) is 38.0 Å². The van der Waals surface area contributed by atoms with Crippen molar-refractivity contribution in [1.82, 2.24) is 9.80 Å². The fraction of sp³-hybridized carbons (Fsp3) is 0.350. The van der Waals surface area contributed by atoms with Crippen LogP contribution in [0.1, 0.15) is 11.1 Å². The van der Waals surface area contributed by atoms with Gasteiger partial charge in [0.05, 0.1) is 6.54 Å². The van der Waals surface area contributed by atoms with E-state index in [1.54, 1.807) is 12.1 Å². The van der Waals surface area contributed by atoms with Crippen LogP contribution in [0.5, 0.6) is 0 Å².